The van der Waals surface area contributed by atoms with Gasteiger partial charge in [-0.15, -0.1) is 0 Å². The SMILES string of the molecule is CC(C)CCN1/C(=C/C=C2\C(=O)N(c3ccc(S(N)(=O)=O)cc3)N=C2c2ccc([N+](=O)[O-])cc2)Sc2cc([N+](=O)[O-])ccc21. The van der Waals surface area contributed by atoms with Crippen molar-refractivity contribution in [2.24, 2.45) is 16.2 Å². The summed E-state index contributed by atoms with van der Waals surface area (Å²) in [5.74, 6) is -0.114. The van der Waals surface area contributed by atoms with E-state index < -0.39 is 25.8 Å². The van der Waals surface area contributed by atoms with Gasteiger partial charge in [-0.1, -0.05) is 25.6 Å². The molecule has 0 aromatic heterocycles. The normalized spacial score (nSPS) is 16.6. The number of rotatable bonds is 9. The number of hydrogen-bond donors (Lipinski definition) is 1. The molecule has 0 unspecified atom stereocenters. The first-order valence-electron chi connectivity index (χ1n) is 13.3. The number of allylic oxidation sites excluding steroid dienone is 2. The van der Waals surface area contributed by atoms with E-state index >= 15 is 0 Å². The van der Waals surface area contributed by atoms with Crippen LogP contribution in [0.25, 0.3) is 0 Å². The molecule has 0 atom stereocenters. The second-order valence-electron chi connectivity index (χ2n) is 10.3. The fourth-order valence-electron chi connectivity index (χ4n) is 4.58. The number of nitro benzene ring substituents is 2. The number of hydrazone groups is 1. The standard InChI is InChI=1S/C29H26N6O7S2/c1-18(2)15-16-32-25-13-9-22(35(39)40)17-26(25)43-27(32)14-12-24-28(19-3-5-21(6-4-19)34(37)38)31-33(29(24)36)20-7-10-23(11-8-20)44(30,41)42/h3-14,17-18H,15-16H2,1-2H3,(H2,30,41,42)/b24-12-,27-14-. The molecule has 226 valence electrons. The third kappa shape index (κ3) is 6.24. The average Bonchev–Trinajstić information content (AvgIpc) is 3.50. The molecule has 0 fully saturated rings. The number of carbonyl (C=O) groups is 1. The highest BCUT2D eigenvalue weighted by Crippen LogP contribution is 2.47. The molecule has 0 bridgehead atoms. The van der Waals surface area contributed by atoms with E-state index in [2.05, 4.69) is 18.9 Å². The Morgan fingerprint density at radius 1 is 0.955 bits per heavy atom. The van der Waals surface area contributed by atoms with Crippen LogP contribution in [0, 0.1) is 26.1 Å². The number of carbonyl (C=O) groups excluding carboxylic acids is 1. The predicted molar refractivity (Wildman–Crippen MR) is 167 cm³/mol. The number of nitrogens with zero attached hydrogens (tertiary/aromatic N) is 5. The van der Waals surface area contributed by atoms with Gasteiger partial charge in [0.2, 0.25) is 10.0 Å². The highest BCUT2D eigenvalue weighted by Gasteiger charge is 2.33. The minimum atomic E-state index is -3.95. The predicted octanol–water partition coefficient (Wildman–Crippen LogP) is 5.33. The van der Waals surface area contributed by atoms with Gasteiger partial charge in [-0.05, 0) is 67.0 Å². The van der Waals surface area contributed by atoms with Crippen LogP contribution in [0.1, 0.15) is 25.8 Å². The van der Waals surface area contributed by atoms with E-state index in [1.54, 1.807) is 18.2 Å². The van der Waals surface area contributed by atoms with Crippen LogP contribution >= 0.6 is 11.8 Å². The summed E-state index contributed by atoms with van der Waals surface area (Å²) in [4.78, 5) is 38.0. The molecule has 1 amide bonds. The maximum atomic E-state index is 13.8. The van der Waals surface area contributed by atoms with Crippen molar-refractivity contribution in [1.29, 1.82) is 0 Å². The zero-order chi connectivity index (χ0) is 31.8. The number of nitro groups is 2. The molecule has 0 saturated heterocycles. The first kappa shape index (κ1) is 30.6. The van der Waals surface area contributed by atoms with Crippen molar-refractivity contribution >= 4 is 56.2 Å². The molecule has 0 aliphatic carbocycles. The molecule has 2 N–H and O–H groups in total. The van der Waals surface area contributed by atoms with Gasteiger partial charge >= 0.3 is 0 Å². The molecule has 0 spiro atoms. The third-order valence-corrected chi connectivity index (χ3v) is 8.93. The fraction of sp³-hybridized carbons (Fsp3) is 0.172. The number of thioether (sulfide) groups is 1. The smallest absolute Gasteiger partial charge is 0.281 e. The van der Waals surface area contributed by atoms with Crippen LogP contribution in [0.5, 0.6) is 0 Å². The number of primary sulfonamides is 1. The Morgan fingerprint density at radius 3 is 2.18 bits per heavy atom. The zero-order valence-corrected chi connectivity index (χ0v) is 25.1. The molecule has 2 aliphatic rings. The Balaban J connectivity index is 1.56. The molecule has 44 heavy (non-hydrogen) atoms. The number of amides is 1. The summed E-state index contributed by atoms with van der Waals surface area (Å²) in [7, 11) is -3.95. The van der Waals surface area contributed by atoms with Crippen LogP contribution < -0.4 is 15.0 Å². The summed E-state index contributed by atoms with van der Waals surface area (Å²) < 4.78 is 23.4. The van der Waals surface area contributed by atoms with Gasteiger partial charge in [0.25, 0.3) is 17.3 Å². The van der Waals surface area contributed by atoms with Crippen LogP contribution in [-0.4, -0.2) is 36.4 Å². The Bertz CT molecular complexity index is 1870. The van der Waals surface area contributed by atoms with Gasteiger partial charge in [0.15, 0.2) is 0 Å². The molecule has 0 saturated carbocycles. The van der Waals surface area contributed by atoms with Gasteiger partial charge in [0.05, 0.1) is 36.7 Å². The van der Waals surface area contributed by atoms with E-state index in [4.69, 9.17) is 5.14 Å². The fourth-order valence-corrected chi connectivity index (χ4v) is 6.21. The number of sulfonamides is 1. The van der Waals surface area contributed by atoms with Crippen molar-refractivity contribution in [3.63, 3.8) is 0 Å². The first-order valence-corrected chi connectivity index (χ1v) is 15.7. The highest BCUT2D eigenvalue weighted by molar-refractivity contribution is 8.03. The van der Waals surface area contributed by atoms with Crippen molar-refractivity contribution in [3.8, 4) is 0 Å². The number of benzene rings is 3. The topological polar surface area (TPSA) is 182 Å². The monoisotopic (exact) mass is 634 g/mol. The quantitative estimate of drug-likeness (QED) is 0.185. The molecular weight excluding hydrogens is 608 g/mol. The van der Waals surface area contributed by atoms with Gasteiger partial charge < -0.3 is 4.90 Å². The highest BCUT2D eigenvalue weighted by atomic mass is 32.2. The number of nitrogens with two attached hydrogens (primary N) is 1. The Kier molecular flexibility index (Phi) is 8.36. The van der Waals surface area contributed by atoms with E-state index in [9.17, 15) is 33.4 Å². The van der Waals surface area contributed by atoms with Gasteiger partial charge in [-0.2, -0.15) is 10.1 Å². The third-order valence-electron chi connectivity index (χ3n) is 6.89. The van der Waals surface area contributed by atoms with E-state index in [0.717, 1.165) is 22.1 Å². The van der Waals surface area contributed by atoms with Crippen LogP contribution in [-0.2, 0) is 14.8 Å². The van der Waals surface area contributed by atoms with Crippen molar-refractivity contribution < 1.29 is 23.1 Å². The summed E-state index contributed by atoms with van der Waals surface area (Å²) in [6.45, 7) is 4.84. The number of non-ortho nitro benzene ring substituents is 2. The second kappa shape index (κ2) is 12.0. The largest absolute Gasteiger partial charge is 0.335 e. The van der Waals surface area contributed by atoms with Crippen molar-refractivity contribution in [2.45, 2.75) is 30.1 Å². The number of fused-ring (bicyclic) bond motifs is 1. The number of hydrogen-bond acceptors (Lipinski definition) is 10. The Labute approximate surface area is 256 Å². The molecule has 2 aliphatic heterocycles. The van der Waals surface area contributed by atoms with E-state index in [1.807, 2.05) is 4.90 Å². The maximum Gasteiger partial charge on any atom is 0.281 e. The Hall–Kier alpha value is -4.86. The van der Waals surface area contributed by atoms with Crippen molar-refractivity contribution in [1.82, 2.24) is 0 Å². The van der Waals surface area contributed by atoms with Crippen LogP contribution in [0.15, 0.2) is 104 Å². The molecule has 2 heterocycles. The minimum absolute atomic E-state index is 0.0256. The van der Waals surface area contributed by atoms with E-state index in [1.165, 1.54) is 72.4 Å². The second-order valence-corrected chi connectivity index (χ2v) is 13.0. The molecule has 3 aromatic carbocycles. The first-order chi connectivity index (χ1) is 20.8. The van der Waals surface area contributed by atoms with Crippen LogP contribution in [0.2, 0.25) is 0 Å². The summed E-state index contributed by atoms with van der Waals surface area (Å²) in [6.07, 6.45) is 4.20. The lowest BCUT2D eigenvalue weighted by Crippen LogP contribution is -2.22. The van der Waals surface area contributed by atoms with Crippen molar-refractivity contribution in [2.75, 3.05) is 16.5 Å². The lowest BCUT2D eigenvalue weighted by molar-refractivity contribution is -0.385. The summed E-state index contributed by atoms with van der Waals surface area (Å²) in [5, 5.41) is 34.2. The van der Waals surface area contributed by atoms with Crippen LogP contribution in [0.4, 0.5) is 22.7 Å². The van der Waals surface area contributed by atoms with Gasteiger partial charge in [0, 0.05) is 41.3 Å². The minimum Gasteiger partial charge on any atom is -0.335 e. The molecule has 0 radical (unpaired) electrons. The lowest BCUT2D eigenvalue weighted by Gasteiger charge is -2.21. The van der Waals surface area contributed by atoms with Gasteiger partial charge in [-0.3, -0.25) is 25.0 Å². The molecule has 15 heteroatoms. The average molecular weight is 635 g/mol. The molecule has 3 aromatic rings. The molecular formula is C29H26N6O7S2. The molecule has 5 rings (SSSR count). The number of anilines is 2. The van der Waals surface area contributed by atoms with Gasteiger partial charge in [-0.25, -0.2) is 13.6 Å². The summed E-state index contributed by atoms with van der Waals surface area (Å²) >= 11 is 1.34. The molecule has 13 nitrogen and oxygen atoms in total. The summed E-state index contributed by atoms with van der Waals surface area (Å²) in [5.41, 5.74) is 1.84. The zero-order valence-electron chi connectivity index (χ0n) is 23.5. The van der Waals surface area contributed by atoms with E-state index in [0.29, 0.717) is 22.9 Å². The lowest BCUT2D eigenvalue weighted by atomic mass is 10.0. The van der Waals surface area contributed by atoms with Gasteiger partial charge in [0.1, 0.15) is 5.71 Å². The van der Waals surface area contributed by atoms with Crippen LogP contribution in [0.3, 0.4) is 0 Å². The Morgan fingerprint density at radius 2 is 1.59 bits per heavy atom. The van der Waals surface area contributed by atoms with Crippen molar-refractivity contribution in [3.05, 3.63) is 115 Å². The summed E-state index contributed by atoms with van der Waals surface area (Å²) in [6, 6.07) is 15.6. The van der Waals surface area contributed by atoms with E-state index in [-0.39, 0.29) is 33.2 Å². The maximum absolute atomic E-state index is 13.8.